The molecule has 1 atom stereocenters. The molecule has 0 bridgehead atoms. The highest BCUT2D eigenvalue weighted by atomic mass is 15.1. The van der Waals surface area contributed by atoms with Crippen LogP contribution in [0.25, 0.3) is 0 Å². The SMILES string of the molecule is Cc1ccc(N)c(NC2CCCN(C)C2)c1. The molecule has 0 saturated carbocycles. The van der Waals surface area contributed by atoms with Crippen LogP contribution in [0, 0.1) is 6.92 Å². The number of rotatable bonds is 2. The Bertz CT molecular complexity index is 362. The van der Waals surface area contributed by atoms with E-state index in [0.717, 1.165) is 17.9 Å². The van der Waals surface area contributed by atoms with Crippen molar-refractivity contribution in [3.05, 3.63) is 23.8 Å². The van der Waals surface area contributed by atoms with Gasteiger partial charge in [-0.25, -0.2) is 0 Å². The number of aryl methyl sites for hydroxylation is 1. The summed E-state index contributed by atoms with van der Waals surface area (Å²) in [7, 11) is 2.17. The topological polar surface area (TPSA) is 41.3 Å². The fourth-order valence-electron chi connectivity index (χ4n) is 2.30. The van der Waals surface area contributed by atoms with Gasteiger partial charge in [0.05, 0.1) is 11.4 Å². The van der Waals surface area contributed by atoms with Crippen molar-refractivity contribution < 1.29 is 0 Å². The number of hydrogen-bond acceptors (Lipinski definition) is 3. The van der Waals surface area contributed by atoms with Gasteiger partial charge >= 0.3 is 0 Å². The molecule has 1 heterocycles. The number of nitrogens with one attached hydrogen (secondary N) is 1. The maximum atomic E-state index is 5.97. The van der Waals surface area contributed by atoms with E-state index in [1.165, 1.54) is 24.9 Å². The summed E-state index contributed by atoms with van der Waals surface area (Å²) in [4.78, 5) is 2.37. The third kappa shape index (κ3) is 2.67. The minimum absolute atomic E-state index is 0.530. The molecule has 1 fully saturated rings. The Labute approximate surface area is 97.6 Å². The molecule has 1 unspecified atom stereocenters. The molecule has 0 amide bonds. The van der Waals surface area contributed by atoms with E-state index in [9.17, 15) is 0 Å². The lowest BCUT2D eigenvalue weighted by atomic mass is 10.1. The molecular formula is C13H21N3. The van der Waals surface area contributed by atoms with Gasteiger partial charge < -0.3 is 16.0 Å². The highest BCUT2D eigenvalue weighted by Gasteiger charge is 2.17. The van der Waals surface area contributed by atoms with Crippen LogP contribution in [0.15, 0.2) is 18.2 Å². The van der Waals surface area contributed by atoms with Crippen molar-refractivity contribution >= 4 is 11.4 Å². The van der Waals surface area contributed by atoms with Gasteiger partial charge in [-0.1, -0.05) is 6.07 Å². The van der Waals surface area contributed by atoms with Crippen LogP contribution < -0.4 is 11.1 Å². The molecule has 88 valence electrons. The van der Waals surface area contributed by atoms with Crippen LogP contribution in [0.3, 0.4) is 0 Å². The molecule has 1 aromatic carbocycles. The molecule has 1 aliphatic rings. The number of nitrogen functional groups attached to an aromatic ring is 1. The minimum atomic E-state index is 0.530. The number of nitrogens with two attached hydrogens (primary N) is 1. The molecule has 3 heteroatoms. The summed E-state index contributed by atoms with van der Waals surface area (Å²) in [6.07, 6.45) is 2.50. The van der Waals surface area contributed by atoms with Gasteiger partial charge in [-0.05, 0) is 51.1 Å². The molecule has 0 radical (unpaired) electrons. The lowest BCUT2D eigenvalue weighted by Gasteiger charge is -2.31. The second-order valence-corrected chi connectivity index (χ2v) is 4.84. The number of benzene rings is 1. The number of anilines is 2. The van der Waals surface area contributed by atoms with Crippen molar-refractivity contribution in [3.8, 4) is 0 Å². The normalized spacial score (nSPS) is 22.0. The number of likely N-dealkylation sites (N-methyl/N-ethyl adjacent to an activating group) is 1. The van der Waals surface area contributed by atoms with E-state index in [1.807, 2.05) is 12.1 Å². The zero-order valence-electron chi connectivity index (χ0n) is 10.2. The Morgan fingerprint density at radius 2 is 2.25 bits per heavy atom. The predicted molar refractivity (Wildman–Crippen MR) is 69.7 cm³/mol. The first-order valence-corrected chi connectivity index (χ1v) is 5.96. The Hall–Kier alpha value is -1.22. The van der Waals surface area contributed by atoms with E-state index in [1.54, 1.807) is 0 Å². The maximum absolute atomic E-state index is 5.97. The van der Waals surface area contributed by atoms with Crippen LogP contribution >= 0.6 is 0 Å². The molecule has 0 aliphatic carbocycles. The molecule has 0 aromatic heterocycles. The molecule has 3 nitrogen and oxygen atoms in total. The van der Waals surface area contributed by atoms with E-state index in [4.69, 9.17) is 5.73 Å². The van der Waals surface area contributed by atoms with Gasteiger partial charge in [-0.3, -0.25) is 0 Å². The molecule has 3 N–H and O–H groups in total. The first-order chi connectivity index (χ1) is 7.65. The summed E-state index contributed by atoms with van der Waals surface area (Å²) >= 11 is 0. The molecule has 0 spiro atoms. The number of hydrogen-bond donors (Lipinski definition) is 2. The summed E-state index contributed by atoms with van der Waals surface area (Å²) < 4.78 is 0. The smallest absolute Gasteiger partial charge is 0.0579 e. The van der Waals surface area contributed by atoms with Crippen LogP contribution in [0.2, 0.25) is 0 Å². The van der Waals surface area contributed by atoms with Crippen LogP contribution in [-0.2, 0) is 0 Å². The molecule has 1 saturated heterocycles. The van der Waals surface area contributed by atoms with Gasteiger partial charge in [-0.2, -0.15) is 0 Å². The van der Waals surface area contributed by atoms with Crippen LogP contribution in [0.4, 0.5) is 11.4 Å². The van der Waals surface area contributed by atoms with Crippen molar-refractivity contribution in [1.82, 2.24) is 4.90 Å². The summed E-state index contributed by atoms with van der Waals surface area (Å²) in [5, 5.41) is 3.55. The molecule has 2 rings (SSSR count). The van der Waals surface area contributed by atoms with Gasteiger partial charge in [0, 0.05) is 12.6 Å². The Balaban J connectivity index is 2.05. The Kier molecular flexibility index (Phi) is 3.34. The lowest BCUT2D eigenvalue weighted by Crippen LogP contribution is -2.39. The van der Waals surface area contributed by atoms with Crippen molar-refractivity contribution in [2.45, 2.75) is 25.8 Å². The van der Waals surface area contributed by atoms with Crippen LogP contribution in [-0.4, -0.2) is 31.1 Å². The summed E-state index contributed by atoms with van der Waals surface area (Å²) in [5.41, 5.74) is 9.15. The van der Waals surface area contributed by atoms with Gasteiger partial charge in [0.25, 0.3) is 0 Å². The second-order valence-electron chi connectivity index (χ2n) is 4.84. The highest BCUT2D eigenvalue weighted by molar-refractivity contribution is 5.67. The average Bonchev–Trinajstić information content (AvgIpc) is 2.24. The number of piperidine rings is 1. The van der Waals surface area contributed by atoms with Crippen molar-refractivity contribution in [1.29, 1.82) is 0 Å². The third-order valence-corrected chi connectivity index (χ3v) is 3.19. The Morgan fingerprint density at radius 3 is 3.00 bits per heavy atom. The fraction of sp³-hybridized carbons (Fsp3) is 0.538. The van der Waals surface area contributed by atoms with E-state index in [-0.39, 0.29) is 0 Å². The summed E-state index contributed by atoms with van der Waals surface area (Å²) in [5.74, 6) is 0. The van der Waals surface area contributed by atoms with Crippen LogP contribution in [0.1, 0.15) is 18.4 Å². The quantitative estimate of drug-likeness (QED) is 0.748. The van der Waals surface area contributed by atoms with Crippen molar-refractivity contribution in [3.63, 3.8) is 0 Å². The highest BCUT2D eigenvalue weighted by Crippen LogP contribution is 2.22. The molecule has 1 aromatic rings. The van der Waals surface area contributed by atoms with E-state index >= 15 is 0 Å². The van der Waals surface area contributed by atoms with E-state index in [2.05, 4.69) is 30.3 Å². The average molecular weight is 219 g/mol. The Morgan fingerprint density at radius 1 is 1.44 bits per heavy atom. The zero-order valence-corrected chi connectivity index (χ0v) is 10.2. The third-order valence-electron chi connectivity index (χ3n) is 3.19. The van der Waals surface area contributed by atoms with Crippen molar-refractivity contribution in [2.24, 2.45) is 0 Å². The second kappa shape index (κ2) is 4.74. The molecule has 1 aliphatic heterocycles. The van der Waals surface area contributed by atoms with Gasteiger partial charge in [-0.15, -0.1) is 0 Å². The molecular weight excluding hydrogens is 198 g/mol. The van der Waals surface area contributed by atoms with E-state index < -0.39 is 0 Å². The standard InChI is InChI=1S/C13H21N3/c1-10-5-6-12(14)13(8-10)15-11-4-3-7-16(2)9-11/h5-6,8,11,15H,3-4,7,9,14H2,1-2H3. The van der Waals surface area contributed by atoms with Gasteiger partial charge in [0.1, 0.15) is 0 Å². The summed E-state index contributed by atoms with van der Waals surface area (Å²) in [6, 6.07) is 6.68. The monoisotopic (exact) mass is 219 g/mol. The first kappa shape index (κ1) is 11.3. The van der Waals surface area contributed by atoms with Crippen LogP contribution in [0.5, 0.6) is 0 Å². The van der Waals surface area contributed by atoms with E-state index in [0.29, 0.717) is 6.04 Å². The lowest BCUT2D eigenvalue weighted by molar-refractivity contribution is 0.261. The minimum Gasteiger partial charge on any atom is -0.397 e. The summed E-state index contributed by atoms with van der Waals surface area (Å²) in [6.45, 7) is 4.41. The van der Waals surface area contributed by atoms with Gasteiger partial charge in [0.2, 0.25) is 0 Å². The predicted octanol–water partition coefficient (Wildman–Crippen LogP) is 2.08. The largest absolute Gasteiger partial charge is 0.397 e. The maximum Gasteiger partial charge on any atom is 0.0579 e. The first-order valence-electron chi connectivity index (χ1n) is 5.96. The number of likely N-dealkylation sites (tertiary alicyclic amines) is 1. The van der Waals surface area contributed by atoms with Gasteiger partial charge in [0.15, 0.2) is 0 Å². The fourth-order valence-corrected chi connectivity index (χ4v) is 2.30. The molecule has 16 heavy (non-hydrogen) atoms. The number of nitrogens with zero attached hydrogens (tertiary/aromatic N) is 1. The zero-order chi connectivity index (χ0) is 11.5. The van der Waals surface area contributed by atoms with Crippen molar-refractivity contribution in [2.75, 3.05) is 31.2 Å².